The molecule has 0 spiro atoms. The van der Waals surface area contributed by atoms with Crippen LogP contribution in [0, 0.1) is 23.7 Å². The quantitative estimate of drug-likeness (QED) is 0.0222. The first-order chi connectivity index (χ1) is 43.7. The Morgan fingerprint density at radius 3 is 0.780 bits per heavy atom. The highest BCUT2D eigenvalue weighted by Gasteiger charge is 2.30. The molecule has 0 saturated carbocycles. The number of phosphoric acid groups is 2. The van der Waals surface area contributed by atoms with E-state index in [0.717, 1.165) is 120 Å². The van der Waals surface area contributed by atoms with E-state index < -0.39 is 97.5 Å². The minimum absolute atomic E-state index is 0.104. The van der Waals surface area contributed by atoms with Gasteiger partial charge in [0.15, 0.2) is 12.2 Å². The van der Waals surface area contributed by atoms with Gasteiger partial charge in [0.2, 0.25) is 0 Å². The summed E-state index contributed by atoms with van der Waals surface area (Å²) in [6, 6.07) is 0. The maximum Gasteiger partial charge on any atom is 0.472 e. The normalized spacial score (nSPS) is 15.1. The smallest absolute Gasteiger partial charge is 0.462 e. The number of carbonyl (C=O) groups is 4. The van der Waals surface area contributed by atoms with Gasteiger partial charge >= 0.3 is 39.5 Å². The van der Waals surface area contributed by atoms with Crippen LogP contribution in [0.25, 0.3) is 0 Å². The second-order valence-electron chi connectivity index (χ2n) is 27.2. The van der Waals surface area contributed by atoms with E-state index in [9.17, 15) is 43.2 Å². The summed E-state index contributed by atoms with van der Waals surface area (Å²) in [6.45, 7) is 14.2. The Kier molecular flexibility index (Phi) is 60.3. The predicted octanol–water partition coefficient (Wildman–Crippen LogP) is 20.5. The van der Waals surface area contributed by atoms with Gasteiger partial charge in [-0.25, -0.2) is 9.13 Å². The summed E-state index contributed by atoms with van der Waals surface area (Å²) >= 11 is 0. The Morgan fingerprint density at radius 2 is 0.527 bits per heavy atom. The number of rotatable bonds is 69. The molecule has 0 aliphatic heterocycles. The maximum atomic E-state index is 13.0. The van der Waals surface area contributed by atoms with Crippen LogP contribution in [-0.2, 0) is 65.4 Å². The van der Waals surface area contributed by atoms with E-state index in [1.165, 1.54) is 154 Å². The number of hydrogen-bond donors (Lipinski definition) is 3. The molecule has 0 aliphatic rings. The van der Waals surface area contributed by atoms with Gasteiger partial charge in [-0.15, -0.1) is 0 Å². The van der Waals surface area contributed by atoms with Gasteiger partial charge in [0, 0.05) is 25.7 Å². The summed E-state index contributed by atoms with van der Waals surface area (Å²) in [5.74, 6) is 0.957. The van der Waals surface area contributed by atoms with Gasteiger partial charge < -0.3 is 33.8 Å². The summed E-state index contributed by atoms with van der Waals surface area (Å²) in [6.07, 6.45) is 44.3. The van der Waals surface area contributed by atoms with E-state index in [1.54, 1.807) is 0 Å². The molecule has 91 heavy (non-hydrogen) atoms. The third-order valence-electron chi connectivity index (χ3n) is 17.7. The average Bonchev–Trinajstić information content (AvgIpc) is 3.67. The topological polar surface area (TPSA) is 237 Å². The van der Waals surface area contributed by atoms with E-state index in [-0.39, 0.29) is 25.7 Å². The summed E-state index contributed by atoms with van der Waals surface area (Å²) in [5, 5.41) is 10.6. The summed E-state index contributed by atoms with van der Waals surface area (Å²) < 4.78 is 68.4. The van der Waals surface area contributed by atoms with Crippen LogP contribution in [0.4, 0.5) is 0 Å². The number of aliphatic hydroxyl groups excluding tert-OH is 1. The molecule has 19 heteroatoms. The molecule has 0 rings (SSSR count). The lowest BCUT2D eigenvalue weighted by molar-refractivity contribution is -0.161. The summed E-state index contributed by atoms with van der Waals surface area (Å²) in [4.78, 5) is 72.6. The van der Waals surface area contributed by atoms with E-state index in [0.29, 0.717) is 25.7 Å². The Labute approximate surface area is 556 Å². The van der Waals surface area contributed by atoms with Crippen molar-refractivity contribution in [1.29, 1.82) is 0 Å². The molecule has 3 N–H and O–H groups in total. The molecule has 0 saturated heterocycles. The number of carbonyl (C=O) groups excluding carboxylic acids is 4. The van der Waals surface area contributed by atoms with Gasteiger partial charge in [-0.1, -0.05) is 306 Å². The second kappa shape index (κ2) is 61.6. The van der Waals surface area contributed by atoms with Crippen molar-refractivity contribution in [2.45, 2.75) is 375 Å². The molecule has 0 heterocycles. The van der Waals surface area contributed by atoms with Crippen molar-refractivity contribution in [3.05, 3.63) is 0 Å². The van der Waals surface area contributed by atoms with Crippen LogP contribution in [0.2, 0.25) is 0 Å². The molecule has 0 fully saturated rings. The number of aliphatic hydroxyl groups is 1. The van der Waals surface area contributed by atoms with Crippen LogP contribution in [0.15, 0.2) is 0 Å². The molecule has 0 aromatic heterocycles. The van der Waals surface area contributed by atoms with Crippen LogP contribution in [0.1, 0.15) is 357 Å². The Morgan fingerprint density at radius 1 is 0.308 bits per heavy atom. The predicted molar refractivity (Wildman–Crippen MR) is 367 cm³/mol. The highest BCUT2D eigenvalue weighted by Crippen LogP contribution is 2.45. The zero-order valence-electron chi connectivity index (χ0n) is 59.5. The second-order valence-corrected chi connectivity index (χ2v) is 30.1. The fourth-order valence-corrected chi connectivity index (χ4v) is 12.3. The van der Waals surface area contributed by atoms with Gasteiger partial charge in [-0.3, -0.25) is 37.3 Å². The minimum Gasteiger partial charge on any atom is -0.462 e. The van der Waals surface area contributed by atoms with Crippen LogP contribution in [-0.4, -0.2) is 96.7 Å². The highest BCUT2D eigenvalue weighted by atomic mass is 31.2. The van der Waals surface area contributed by atoms with Crippen molar-refractivity contribution >= 4 is 39.5 Å². The molecule has 0 aromatic rings. The van der Waals surface area contributed by atoms with Crippen molar-refractivity contribution in [2.75, 3.05) is 39.6 Å². The zero-order valence-corrected chi connectivity index (χ0v) is 61.3. The maximum absolute atomic E-state index is 13.0. The molecule has 0 aromatic carbocycles. The van der Waals surface area contributed by atoms with Gasteiger partial charge in [0.25, 0.3) is 0 Å². The lowest BCUT2D eigenvalue weighted by Crippen LogP contribution is -2.30. The van der Waals surface area contributed by atoms with Gasteiger partial charge in [-0.05, 0) is 49.4 Å². The van der Waals surface area contributed by atoms with Crippen LogP contribution < -0.4 is 0 Å². The molecule has 8 atom stereocenters. The first-order valence-corrected chi connectivity index (χ1v) is 40.3. The fraction of sp³-hybridized carbons (Fsp3) is 0.944. The average molecular weight is 1340 g/mol. The largest absolute Gasteiger partial charge is 0.472 e. The molecule has 0 aliphatic carbocycles. The standard InChI is InChI=1S/C72H140O17P2/c1-9-63(6)49-41-33-25-19-16-17-21-28-38-46-54-71(76)88-68(59-83-70(75)53-45-37-31-30-35-43-51-65(8)11-3)61-87-91(80,81)85-57-66(73)56-84-90(78,79)86-60-67(89-72(77)55-47-39-29-23-22-26-34-42-50-64(7)10-2)58-82-69(74)52-44-36-27-20-15-13-12-14-18-24-32-40-48-62(4)5/h62-68,73H,9-61H2,1-8H3,(H,78,79)(H,80,81)/t63?,64?,65?,66-,67-,68-/m1/s1. The van der Waals surface area contributed by atoms with Gasteiger partial charge in [-0.2, -0.15) is 0 Å². The number of phosphoric ester groups is 2. The molecular weight excluding hydrogens is 1200 g/mol. The molecule has 0 radical (unpaired) electrons. The highest BCUT2D eigenvalue weighted by molar-refractivity contribution is 7.47. The third kappa shape index (κ3) is 62.6. The molecular formula is C72H140O17P2. The van der Waals surface area contributed by atoms with Crippen LogP contribution in [0.3, 0.4) is 0 Å². The Bertz CT molecular complexity index is 1800. The summed E-state index contributed by atoms with van der Waals surface area (Å²) in [5.41, 5.74) is 0. The lowest BCUT2D eigenvalue weighted by atomic mass is 9.99. The molecule has 5 unspecified atom stereocenters. The van der Waals surface area contributed by atoms with E-state index in [1.807, 2.05) is 0 Å². The number of unbranched alkanes of at least 4 members (excludes halogenated alkanes) is 32. The third-order valence-corrected chi connectivity index (χ3v) is 19.6. The molecule has 17 nitrogen and oxygen atoms in total. The number of esters is 4. The lowest BCUT2D eigenvalue weighted by Gasteiger charge is -2.21. The van der Waals surface area contributed by atoms with Crippen LogP contribution in [0.5, 0.6) is 0 Å². The molecule has 0 bridgehead atoms. The first-order valence-electron chi connectivity index (χ1n) is 37.3. The Balaban J connectivity index is 5.26. The Hall–Kier alpha value is -1.94. The fourth-order valence-electron chi connectivity index (χ4n) is 10.7. The summed E-state index contributed by atoms with van der Waals surface area (Å²) in [7, 11) is -9.91. The van der Waals surface area contributed by atoms with Crippen LogP contribution >= 0.6 is 15.6 Å². The van der Waals surface area contributed by atoms with Crippen molar-refractivity contribution < 1.29 is 80.2 Å². The minimum atomic E-state index is -4.95. The molecule has 0 amide bonds. The van der Waals surface area contributed by atoms with Gasteiger partial charge in [0.05, 0.1) is 26.4 Å². The zero-order chi connectivity index (χ0) is 67.5. The van der Waals surface area contributed by atoms with E-state index >= 15 is 0 Å². The first kappa shape index (κ1) is 89.1. The van der Waals surface area contributed by atoms with E-state index in [4.69, 9.17) is 37.0 Å². The van der Waals surface area contributed by atoms with Crippen molar-refractivity contribution in [1.82, 2.24) is 0 Å². The van der Waals surface area contributed by atoms with Gasteiger partial charge in [0.1, 0.15) is 19.3 Å². The van der Waals surface area contributed by atoms with Crippen molar-refractivity contribution in [3.63, 3.8) is 0 Å². The molecule has 540 valence electrons. The SMILES string of the molecule is CCC(C)CCCCCCCCCCCCC(=O)O[C@H](COC(=O)CCCCCCCCC(C)CC)COP(=O)(O)OC[C@H](O)COP(=O)(O)OC[C@@H](COC(=O)CCCCCCCCCCCCCCC(C)C)OC(=O)CCCCCCCCCCC(C)CC. The van der Waals surface area contributed by atoms with Crippen molar-refractivity contribution in [2.24, 2.45) is 23.7 Å². The number of ether oxygens (including phenoxy) is 4. The number of hydrogen-bond acceptors (Lipinski definition) is 15. The monoisotopic (exact) mass is 1340 g/mol. The van der Waals surface area contributed by atoms with E-state index in [2.05, 4.69) is 55.4 Å². The van der Waals surface area contributed by atoms with Crippen molar-refractivity contribution in [3.8, 4) is 0 Å².